The van der Waals surface area contributed by atoms with Gasteiger partial charge in [-0.2, -0.15) is 0 Å². The zero-order valence-electron chi connectivity index (χ0n) is 15.4. The van der Waals surface area contributed by atoms with Gasteiger partial charge in [-0.1, -0.05) is 0 Å². The van der Waals surface area contributed by atoms with Crippen LogP contribution in [-0.2, 0) is 9.59 Å². The van der Waals surface area contributed by atoms with E-state index in [1.807, 2.05) is 0 Å². The third-order valence-corrected chi connectivity index (χ3v) is 3.85. The summed E-state index contributed by atoms with van der Waals surface area (Å²) < 4.78 is 10.7. The highest BCUT2D eigenvalue weighted by Crippen LogP contribution is 2.34. The molecule has 2 aromatic carbocycles. The number of nitrogens with two attached hydrogens (primary N) is 2. The second-order valence-electron chi connectivity index (χ2n) is 5.96. The first-order valence-corrected chi connectivity index (χ1v) is 8.31. The summed E-state index contributed by atoms with van der Waals surface area (Å²) in [6.45, 7) is 1.17. The molecule has 144 valence electrons. The Morgan fingerprint density at radius 2 is 1.93 bits per heavy atom. The molecule has 3 rings (SSSR count). The molecule has 28 heavy (non-hydrogen) atoms. The Kier molecular flexibility index (Phi) is 5.25. The fourth-order valence-electron chi connectivity index (χ4n) is 2.73. The number of hydrogen-bond acceptors (Lipinski definition) is 7. The first-order valence-electron chi connectivity index (χ1n) is 8.31. The summed E-state index contributed by atoms with van der Waals surface area (Å²) >= 11 is 0. The van der Waals surface area contributed by atoms with Crippen LogP contribution in [0.5, 0.6) is 11.5 Å². The molecule has 1 aromatic heterocycles. The highest BCUT2D eigenvalue weighted by atomic mass is 16.5. The van der Waals surface area contributed by atoms with Gasteiger partial charge >= 0.3 is 0 Å². The summed E-state index contributed by atoms with van der Waals surface area (Å²) in [5.74, 6) is 0.242. The first kappa shape index (κ1) is 18.9. The van der Waals surface area contributed by atoms with Crippen molar-refractivity contribution in [3.8, 4) is 22.8 Å². The van der Waals surface area contributed by atoms with Crippen LogP contribution >= 0.6 is 0 Å². The molecule has 0 saturated heterocycles. The molecular formula is C19H19N5O4. The van der Waals surface area contributed by atoms with Crippen LogP contribution in [-0.4, -0.2) is 35.5 Å². The van der Waals surface area contributed by atoms with E-state index in [2.05, 4.69) is 15.3 Å². The minimum atomic E-state index is -0.580. The minimum Gasteiger partial charge on any atom is -0.495 e. The van der Waals surface area contributed by atoms with Crippen LogP contribution in [0, 0.1) is 0 Å². The van der Waals surface area contributed by atoms with Gasteiger partial charge in [0.1, 0.15) is 11.5 Å². The molecule has 2 amide bonds. The Hall–Kier alpha value is -3.88. The normalized spacial score (nSPS) is 10.5. The quantitative estimate of drug-likeness (QED) is 0.590. The zero-order valence-corrected chi connectivity index (χ0v) is 15.4. The smallest absolute Gasteiger partial charge is 0.255 e. The molecule has 0 spiro atoms. The van der Waals surface area contributed by atoms with Crippen LogP contribution < -0.4 is 26.3 Å². The number of fused-ring (bicyclic) bond motifs is 1. The number of carbonyl (C=O) groups is 2. The molecule has 3 aromatic rings. The second-order valence-corrected chi connectivity index (χ2v) is 5.96. The summed E-state index contributed by atoms with van der Waals surface area (Å²) in [6.07, 6.45) is 0. The molecule has 0 aliphatic carbocycles. The van der Waals surface area contributed by atoms with Crippen molar-refractivity contribution in [3.05, 3.63) is 36.4 Å². The van der Waals surface area contributed by atoms with Crippen molar-refractivity contribution >= 4 is 34.4 Å². The molecule has 0 fully saturated rings. The molecule has 1 heterocycles. The number of ether oxygens (including phenoxy) is 2. The van der Waals surface area contributed by atoms with Crippen LogP contribution in [0.2, 0.25) is 0 Å². The van der Waals surface area contributed by atoms with Gasteiger partial charge in [0.25, 0.3) is 5.91 Å². The predicted molar refractivity (Wildman–Crippen MR) is 105 cm³/mol. The molecule has 0 aliphatic rings. The summed E-state index contributed by atoms with van der Waals surface area (Å²) in [6, 6.07) is 10.3. The van der Waals surface area contributed by atoms with Crippen LogP contribution in [0.3, 0.4) is 0 Å². The topological polar surface area (TPSA) is 142 Å². The standard InChI is InChI=1S/C19H19N5O4/c1-10(25)22-15-7-11(3-6-16(15)27-2)18-13-8-12(28-9-17(20)26)4-5-14(13)23-19(21)24-18/h3-8H,9H2,1-2H3,(H2,20,26)(H,22,25)(H2,21,23,24). The molecule has 9 nitrogen and oxygen atoms in total. The lowest BCUT2D eigenvalue weighted by Gasteiger charge is -2.13. The number of rotatable bonds is 6. The van der Waals surface area contributed by atoms with E-state index in [1.165, 1.54) is 14.0 Å². The molecule has 0 unspecified atom stereocenters. The third-order valence-electron chi connectivity index (χ3n) is 3.85. The van der Waals surface area contributed by atoms with Crippen molar-refractivity contribution in [2.75, 3.05) is 24.8 Å². The van der Waals surface area contributed by atoms with Gasteiger partial charge in [0, 0.05) is 17.9 Å². The maximum absolute atomic E-state index is 11.5. The average Bonchev–Trinajstić information content (AvgIpc) is 2.65. The minimum absolute atomic E-state index is 0.102. The van der Waals surface area contributed by atoms with Crippen molar-refractivity contribution in [2.24, 2.45) is 5.73 Å². The number of primary amides is 1. The van der Waals surface area contributed by atoms with Crippen LogP contribution in [0.1, 0.15) is 6.92 Å². The largest absolute Gasteiger partial charge is 0.495 e. The van der Waals surface area contributed by atoms with E-state index in [-0.39, 0.29) is 18.5 Å². The summed E-state index contributed by atoms with van der Waals surface area (Å²) in [5.41, 5.74) is 13.3. The van der Waals surface area contributed by atoms with Gasteiger partial charge in [0.05, 0.1) is 24.0 Å². The van der Waals surface area contributed by atoms with Crippen molar-refractivity contribution in [1.82, 2.24) is 9.97 Å². The van der Waals surface area contributed by atoms with E-state index >= 15 is 0 Å². The molecule has 0 atom stereocenters. The van der Waals surface area contributed by atoms with Crippen molar-refractivity contribution in [1.29, 1.82) is 0 Å². The maximum Gasteiger partial charge on any atom is 0.255 e. The van der Waals surface area contributed by atoms with Gasteiger partial charge in [0.15, 0.2) is 6.61 Å². The van der Waals surface area contributed by atoms with E-state index in [1.54, 1.807) is 36.4 Å². The second kappa shape index (κ2) is 7.78. The number of hydrogen-bond donors (Lipinski definition) is 3. The summed E-state index contributed by atoms with van der Waals surface area (Å²) in [7, 11) is 1.51. The van der Waals surface area contributed by atoms with Crippen LogP contribution in [0.15, 0.2) is 36.4 Å². The molecule has 0 radical (unpaired) electrons. The van der Waals surface area contributed by atoms with Gasteiger partial charge in [0.2, 0.25) is 11.9 Å². The SMILES string of the molecule is COc1ccc(-c2nc(N)nc3ccc(OCC(N)=O)cc23)cc1NC(C)=O. The Bertz CT molecular complexity index is 1070. The van der Waals surface area contributed by atoms with Crippen molar-refractivity contribution in [3.63, 3.8) is 0 Å². The van der Waals surface area contributed by atoms with Gasteiger partial charge in [-0.3, -0.25) is 9.59 Å². The average molecular weight is 381 g/mol. The number of benzene rings is 2. The van der Waals surface area contributed by atoms with Crippen LogP contribution in [0.4, 0.5) is 11.6 Å². The highest BCUT2D eigenvalue weighted by molar-refractivity contribution is 5.96. The Labute approximate surface area is 160 Å². The fourth-order valence-corrected chi connectivity index (χ4v) is 2.73. The molecule has 5 N–H and O–H groups in total. The molecule has 0 saturated carbocycles. The number of methoxy groups -OCH3 is 1. The summed E-state index contributed by atoms with van der Waals surface area (Å²) in [5, 5.41) is 3.39. The Balaban J connectivity index is 2.14. The van der Waals surface area contributed by atoms with Gasteiger partial charge in [-0.15, -0.1) is 0 Å². The molecule has 0 aliphatic heterocycles. The lowest BCUT2D eigenvalue weighted by atomic mass is 10.0. The number of nitrogen functional groups attached to an aromatic ring is 1. The Morgan fingerprint density at radius 3 is 2.61 bits per heavy atom. The van der Waals surface area contributed by atoms with E-state index < -0.39 is 5.91 Å². The maximum atomic E-state index is 11.5. The van der Waals surface area contributed by atoms with Crippen molar-refractivity contribution in [2.45, 2.75) is 6.92 Å². The van der Waals surface area contributed by atoms with Gasteiger partial charge < -0.3 is 26.3 Å². The van der Waals surface area contributed by atoms with E-state index in [9.17, 15) is 9.59 Å². The number of nitrogens with one attached hydrogen (secondary N) is 1. The lowest BCUT2D eigenvalue weighted by Crippen LogP contribution is -2.20. The highest BCUT2D eigenvalue weighted by Gasteiger charge is 2.13. The number of aromatic nitrogens is 2. The van der Waals surface area contributed by atoms with E-state index in [0.717, 1.165) is 0 Å². The fraction of sp³-hybridized carbons (Fsp3) is 0.158. The lowest BCUT2D eigenvalue weighted by molar-refractivity contribution is -0.120. The third kappa shape index (κ3) is 4.09. The summed E-state index contributed by atoms with van der Waals surface area (Å²) in [4.78, 5) is 31.0. The molecule has 9 heteroatoms. The van der Waals surface area contributed by atoms with E-state index in [4.69, 9.17) is 20.9 Å². The first-order chi connectivity index (χ1) is 13.4. The predicted octanol–water partition coefficient (Wildman–Crippen LogP) is 1.71. The van der Waals surface area contributed by atoms with Crippen LogP contribution in [0.25, 0.3) is 22.2 Å². The number of amides is 2. The number of carbonyl (C=O) groups excluding carboxylic acids is 2. The van der Waals surface area contributed by atoms with Crippen molar-refractivity contribution < 1.29 is 19.1 Å². The van der Waals surface area contributed by atoms with Gasteiger partial charge in [-0.25, -0.2) is 9.97 Å². The Morgan fingerprint density at radius 1 is 1.14 bits per heavy atom. The monoisotopic (exact) mass is 381 g/mol. The number of nitrogens with zero attached hydrogens (tertiary/aromatic N) is 2. The van der Waals surface area contributed by atoms with Gasteiger partial charge in [-0.05, 0) is 36.4 Å². The zero-order chi connectivity index (χ0) is 20.3. The molecular weight excluding hydrogens is 362 g/mol. The molecule has 0 bridgehead atoms. The van der Waals surface area contributed by atoms with E-state index in [0.29, 0.717) is 39.3 Å². The number of anilines is 2.